The number of amides is 1. The Morgan fingerprint density at radius 3 is 2.50 bits per heavy atom. The highest BCUT2D eigenvalue weighted by Crippen LogP contribution is 2.21. The van der Waals surface area contributed by atoms with Crippen molar-refractivity contribution in [3.63, 3.8) is 0 Å². The molecule has 116 valence electrons. The molecule has 22 heavy (non-hydrogen) atoms. The molecule has 1 atom stereocenters. The van der Waals surface area contributed by atoms with E-state index in [1.165, 1.54) is 0 Å². The van der Waals surface area contributed by atoms with Crippen LogP contribution >= 0.6 is 11.6 Å². The van der Waals surface area contributed by atoms with Crippen molar-refractivity contribution in [2.75, 3.05) is 5.32 Å². The van der Waals surface area contributed by atoms with E-state index in [1.807, 2.05) is 51.1 Å². The van der Waals surface area contributed by atoms with Crippen molar-refractivity contribution >= 4 is 23.2 Å². The third kappa shape index (κ3) is 4.25. The van der Waals surface area contributed by atoms with E-state index in [-0.39, 0.29) is 5.91 Å². The van der Waals surface area contributed by atoms with Gasteiger partial charge in [0.2, 0.25) is 0 Å². The molecule has 1 amide bonds. The summed E-state index contributed by atoms with van der Waals surface area (Å²) in [4.78, 5) is 12.4. The molecule has 0 bridgehead atoms. The number of halogens is 1. The Morgan fingerprint density at radius 1 is 1.18 bits per heavy atom. The maximum Gasteiger partial charge on any atom is 0.265 e. The van der Waals surface area contributed by atoms with Gasteiger partial charge in [-0.25, -0.2) is 0 Å². The molecule has 2 aromatic rings. The minimum absolute atomic E-state index is 0.173. The van der Waals surface area contributed by atoms with Crippen LogP contribution in [0.3, 0.4) is 0 Å². The third-order valence-electron chi connectivity index (χ3n) is 3.42. The van der Waals surface area contributed by atoms with Gasteiger partial charge in [0.1, 0.15) is 5.75 Å². The van der Waals surface area contributed by atoms with Crippen molar-refractivity contribution in [2.45, 2.75) is 33.3 Å². The molecule has 0 radical (unpaired) electrons. The lowest BCUT2D eigenvalue weighted by Gasteiger charge is -2.18. The molecule has 0 saturated heterocycles. The molecular formula is C18H20ClNO2. The number of hydrogen-bond donors (Lipinski definition) is 1. The zero-order valence-corrected chi connectivity index (χ0v) is 13.8. The third-order valence-corrected chi connectivity index (χ3v) is 3.66. The van der Waals surface area contributed by atoms with Crippen LogP contribution in [-0.2, 0) is 4.79 Å². The predicted molar refractivity (Wildman–Crippen MR) is 90.7 cm³/mol. The van der Waals surface area contributed by atoms with E-state index in [4.69, 9.17) is 16.3 Å². The molecule has 1 unspecified atom stereocenters. The van der Waals surface area contributed by atoms with Gasteiger partial charge >= 0.3 is 0 Å². The monoisotopic (exact) mass is 317 g/mol. The van der Waals surface area contributed by atoms with E-state index < -0.39 is 6.10 Å². The van der Waals surface area contributed by atoms with Crippen LogP contribution in [0.4, 0.5) is 5.69 Å². The lowest BCUT2D eigenvalue weighted by molar-refractivity contribution is -0.122. The minimum atomic E-state index is -0.541. The summed E-state index contributed by atoms with van der Waals surface area (Å²) in [5, 5.41) is 3.48. The normalized spacial score (nSPS) is 11.8. The average molecular weight is 318 g/mol. The zero-order valence-electron chi connectivity index (χ0n) is 13.0. The molecule has 0 aliphatic carbocycles. The van der Waals surface area contributed by atoms with Crippen molar-refractivity contribution in [1.82, 2.24) is 0 Å². The zero-order chi connectivity index (χ0) is 16.1. The molecule has 0 saturated carbocycles. The standard InChI is InChI=1S/C18H20ClNO2/c1-4-17(22-15-9-5-12(2)6-10-15)18(21)20-16-11-14(19)8-7-13(16)3/h5-11,17H,4H2,1-3H3,(H,20,21). The second-order valence-electron chi connectivity index (χ2n) is 5.28. The molecule has 0 heterocycles. The van der Waals surface area contributed by atoms with E-state index in [2.05, 4.69) is 5.32 Å². The molecule has 4 heteroatoms. The van der Waals surface area contributed by atoms with Crippen LogP contribution in [0.2, 0.25) is 5.02 Å². The van der Waals surface area contributed by atoms with E-state index >= 15 is 0 Å². The average Bonchev–Trinajstić information content (AvgIpc) is 2.50. The fraction of sp³-hybridized carbons (Fsp3) is 0.278. The summed E-state index contributed by atoms with van der Waals surface area (Å²) in [6, 6.07) is 13.1. The van der Waals surface area contributed by atoms with Gasteiger partial charge in [-0.05, 0) is 50.1 Å². The van der Waals surface area contributed by atoms with Crippen molar-refractivity contribution in [3.8, 4) is 5.75 Å². The van der Waals surface area contributed by atoms with E-state index in [1.54, 1.807) is 12.1 Å². The Kier molecular flexibility index (Phi) is 5.45. The quantitative estimate of drug-likeness (QED) is 0.864. The topological polar surface area (TPSA) is 38.3 Å². The highest BCUT2D eigenvalue weighted by molar-refractivity contribution is 6.31. The Hall–Kier alpha value is -2.00. The summed E-state index contributed by atoms with van der Waals surface area (Å²) in [7, 11) is 0. The van der Waals surface area contributed by atoms with Gasteiger partial charge in [-0.3, -0.25) is 4.79 Å². The second-order valence-corrected chi connectivity index (χ2v) is 5.71. The van der Waals surface area contributed by atoms with Gasteiger partial charge in [0, 0.05) is 10.7 Å². The maximum atomic E-state index is 12.4. The van der Waals surface area contributed by atoms with Crippen molar-refractivity contribution < 1.29 is 9.53 Å². The molecule has 0 fully saturated rings. The molecule has 2 rings (SSSR count). The SMILES string of the molecule is CCC(Oc1ccc(C)cc1)C(=O)Nc1cc(Cl)ccc1C. The van der Waals surface area contributed by atoms with Gasteiger partial charge in [0.25, 0.3) is 5.91 Å². The van der Waals surface area contributed by atoms with E-state index in [0.29, 0.717) is 22.9 Å². The van der Waals surface area contributed by atoms with Gasteiger partial charge in [-0.2, -0.15) is 0 Å². The summed E-state index contributed by atoms with van der Waals surface area (Å²) in [5.41, 5.74) is 2.82. The fourth-order valence-corrected chi connectivity index (χ4v) is 2.22. The minimum Gasteiger partial charge on any atom is -0.481 e. The first-order valence-electron chi connectivity index (χ1n) is 7.30. The van der Waals surface area contributed by atoms with Gasteiger partial charge in [0.05, 0.1) is 0 Å². The highest BCUT2D eigenvalue weighted by Gasteiger charge is 2.19. The van der Waals surface area contributed by atoms with Crippen LogP contribution in [0.15, 0.2) is 42.5 Å². The first kappa shape index (κ1) is 16.4. The molecule has 1 N–H and O–H groups in total. The number of carbonyl (C=O) groups is 1. The number of aryl methyl sites for hydroxylation is 2. The number of anilines is 1. The van der Waals surface area contributed by atoms with Crippen molar-refractivity contribution in [2.24, 2.45) is 0 Å². The van der Waals surface area contributed by atoms with Crippen LogP contribution in [-0.4, -0.2) is 12.0 Å². The molecule has 0 spiro atoms. The van der Waals surface area contributed by atoms with Crippen LogP contribution in [0.1, 0.15) is 24.5 Å². The molecular weight excluding hydrogens is 298 g/mol. The van der Waals surface area contributed by atoms with Crippen LogP contribution < -0.4 is 10.1 Å². The number of rotatable bonds is 5. The summed E-state index contributed by atoms with van der Waals surface area (Å²) in [5.74, 6) is 0.517. The molecule has 2 aromatic carbocycles. The number of nitrogens with one attached hydrogen (secondary N) is 1. The predicted octanol–water partition coefficient (Wildman–Crippen LogP) is 4.75. The summed E-state index contributed by atoms with van der Waals surface area (Å²) in [6.07, 6.45) is 0.0420. The lowest BCUT2D eigenvalue weighted by Crippen LogP contribution is -2.32. The number of carbonyl (C=O) groups excluding carboxylic acids is 1. The van der Waals surface area contributed by atoms with Crippen molar-refractivity contribution in [3.05, 3.63) is 58.6 Å². The van der Waals surface area contributed by atoms with Crippen LogP contribution in [0.5, 0.6) is 5.75 Å². The summed E-state index contributed by atoms with van der Waals surface area (Å²) >= 11 is 5.98. The molecule has 3 nitrogen and oxygen atoms in total. The van der Waals surface area contributed by atoms with E-state index in [9.17, 15) is 4.79 Å². The Morgan fingerprint density at radius 2 is 1.86 bits per heavy atom. The smallest absolute Gasteiger partial charge is 0.265 e. The van der Waals surface area contributed by atoms with Gasteiger partial charge in [-0.15, -0.1) is 0 Å². The number of hydrogen-bond acceptors (Lipinski definition) is 2. The fourth-order valence-electron chi connectivity index (χ4n) is 2.05. The lowest BCUT2D eigenvalue weighted by atomic mass is 10.2. The van der Waals surface area contributed by atoms with Crippen LogP contribution in [0.25, 0.3) is 0 Å². The Bertz CT molecular complexity index is 653. The first-order valence-corrected chi connectivity index (χ1v) is 7.67. The van der Waals surface area contributed by atoms with E-state index in [0.717, 1.165) is 11.1 Å². The van der Waals surface area contributed by atoms with Gasteiger partial charge < -0.3 is 10.1 Å². The van der Waals surface area contributed by atoms with Gasteiger partial charge in [0.15, 0.2) is 6.10 Å². The highest BCUT2D eigenvalue weighted by atomic mass is 35.5. The van der Waals surface area contributed by atoms with Crippen molar-refractivity contribution in [1.29, 1.82) is 0 Å². The van der Waals surface area contributed by atoms with Gasteiger partial charge in [-0.1, -0.05) is 42.3 Å². The van der Waals surface area contributed by atoms with Crippen LogP contribution in [0, 0.1) is 13.8 Å². The molecule has 0 aliphatic rings. The summed E-state index contributed by atoms with van der Waals surface area (Å²) in [6.45, 7) is 5.85. The Balaban J connectivity index is 2.08. The number of benzene rings is 2. The second kappa shape index (κ2) is 7.32. The Labute approximate surface area is 136 Å². The first-order chi connectivity index (χ1) is 10.5. The molecule has 0 aromatic heterocycles. The summed E-state index contributed by atoms with van der Waals surface area (Å²) < 4.78 is 5.78. The maximum absolute atomic E-state index is 12.4. The largest absolute Gasteiger partial charge is 0.481 e. The molecule has 0 aliphatic heterocycles. The number of ether oxygens (including phenoxy) is 1.